The Morgan fingerprint density at radius 3 is 3.00 bits per heavy atom. The fourth-order valence-electron chi connectivity index (χ4n) is 3.64. The minimum Gasteiger partial charge on any atom is -0.380 e. The van der Waals surface area contributed by atoms with E-state index in [9.17, 15) is 9.59 Å². The second kappa shape index (κ2) is 6.11. The molecule has 1 fully saturated rings. The standard InChI is InChI=1S/C17H21N5O3/c1-10-13(16(24)21-7-6-11(9-21)25-2)8-18-22(10)17-19-14-5-3-4-12(14)15(23)20-17/h8,11H,3-7,9H2,1-2H3,(H,19,20,23). The van der Waals surface area contributed by atoms with Crippen LogP contribution in [-0.4, -0.2) is 56.9 Å². The lowest BCUT2D eigenvalue weighted by Crippen LogP contribution is -2.30. The number of ether oxygens (including phenoxy) is 1. The van der Waals surface area contributed by atoms with Crippen molar-refractivity contribution in [3.05, 3.63) is 39.1 Å². The molecule has 1 N–H and O–H groups in total. The van der Waals surface area contributed by atoms with E-state index >= 15 is 0 Å². The van der Waals surface area contributed by atoms with Crippen molar-refractivity contribution in [1.29, 1.82) is 0 Å². The number of nitrogens with one attached hydrogen (secondary N) is 1. The minimum atomic E-state index is -0.109. The number of aromatic amines is 1. The Morgan fingerprint density at radius 2 is 2.24 bits per heavy atom. The first-order chi connectivity index (χ1) is 12.1. The number of nitrogens with zero attached hydrogens (tertiary/aromatic N) is 4. The van der Waals surface area contributed by atoms with Crippen molar-refractivity contribution in [2.24, 2.45) is 0 Å². The van der Waals surface area contributed by atoms with E-state index in [0.29, 0.717) is 30.3 Å². The first-order valence-electron chi connectivity index (χ1n) is 8.57. The Morgan fingerprint density at radius 1 is 1.40 bits per heavy atom. The zero-order valence-corrected chi connectivity index (χ0v) is 14.4. The van der Waals surface area contributed by atoms with Crippen molar-refractivity contribution >= 4 is 5.91 Å². The molecule has 4 rings (SSSR count). The van der Waals surface area contributed by atoms with Gasteiger partial charge in [0.1, 0.15) is 0 Å². The lowest BCUT2D eigenvalue weighted by atomic mass is 10.2. The van der Waals surface area contributed by atoms with Gasteiger partial charge in [-0.3, -0.25) is 14.6 Å². The second-order valence-corrected chi connectivity index (χ2v) is 6.62. The van der Waals surface area contributed by atoms with Crippen molar-refractivity contribution in [2.75, 3.05) is 20.2 Å². The molecule has 1 amide bonds. The Balaban J connectivity index is 1.65. The molecule has 2 aromatic rings. The molecule has 1 saturated heterocycles. The van der Waals surface area contributed by atoms with Gasteiger partial charge in [-0.2, -0.15) is 5.10 Å². The summed E-state index contributed by atoms with van der Waals surface area (Å²) in [5, 5.41) is 4.29. The Labute approximate surface area is 144 Å². The van der Waals surface area contributed by atoms with Gasteiger partial charge in [0.15, 0.2) is 0 Å². The molecule has 0 spiro atoms. The summed E-state index contributed by atoms with van der Waals surface area (Å²) in [6.07, 6.45) is 5.01. The maximum atomic E-state index is 12.8. The van der Waals surface area contributed by atoms with Crippen LogP contribution in [0.5, 0.6) is 0 Å². The molecule has 8 nitrogen and oxygen atoms in total. The van der Waals surface area contributed by atoms with Gasteiger partial charge in [-0.15, -0.1) is 0 Å². The Hall–Kier alpha value is -2.48. The highest BCUT2D eigenvalue weighted by atomic mass is 16.5. The summed E-state index contributed by atoms with van der Waals surface area (Å²) in [5.41, 5.74) is 2.70. The molecule has 1 aliphatic heterocycles. The third kappa shape index (κ3) is 2.66. The zero-order chi connectivity index (χ0) is 17.6. The van der Waals surface area contributed by atoms with E-state index in [2.05, 4.69) is 15.1 Å². The number of H-pyrrole nitrogens is 1. The molecule has 0 radical (unpaired) electrons. The van der Waals surface area contributed by atoms with Gasteiger partial charge >= 0.3 is 0 Å². The number of likely N-dealkylation sites (tertiary alicyclic amines) is 1. The number of hydrogen-bond acceptors (Lipinski definition) is 5. The molecule has 1 unspecified atom stereocenters. The molecule has 1 atom stereocenters. The predicted molar refractivity (Wildman–Crippen MR) is 90.1 cm³/mol. The van der Waals surface area contributed by atoms with Crippen LogP contribution in [0.1, 0.15) is 40.2 Å². The molecule has 0 aromatic carbocycles. The van der Waals surface area contributed by atoms with E-state index in [1.54, 1.807) is 18.2 Å². The molecule has 1 aliphatic carbocycles. The lowest BCUT2D eigenvalue weighted by Gasteiger charge is -2.15. The van der Waals surface area contributed by atoms with Gasteiger partial charge in [0, 0.05) is 25.8 Å². The summed E-state index contributed by atoms with van der Waals surface area (Å²) in [7, 11) is 1.66. The average molecular weight is 343 g/mol. The Bertz CT molecular complexity index is 885. The lowest BCUT2D eigenvalue weighted by molar-refractivity contribution is 0.0723. The summed E-state index contributed by atoms with van der Waals surface area (Å²) in [4.78, 5) is 34.1. The van der Waals surface area contributed by atoms with Gasteiger partial charge in [-0.1, -0.05) is 0 Å². The van der Waals surface area contributed by atoms with Crippen molar-refractivity contribution in [2.45, 2.75) is 38.7 Å². The van der Waals surface area contributed by atoms with Crippen molar-refractivity contribution in [1.82, 2.24) is 24.6 Å². The number of aryl methyl sites for hydroxylation is 1. The van der Waals surface area contributed by atoms with Crippen LogP contribution in [0.2, 0.25) is 0 Å². The third-order valence-electron chi connectivity index (χ3n) is 5.14. The number of methoxy groups -OCH3 is 1. The summed E-state index contributed by atoms with van der Waals surface area (Å²) in [5.74, 6) is 0.310. The first kappa shape index (κ1) is 16.0. The number of aromatic nitrogens is 4. The summed E-state index contributed by atoms with van der Waals surface area (Å²) in [6, 6.07) is 0. The van der Waals surface area contributed by atoms with Crippen LogP contribution in [0.4, 0.5) is 0 Å². The van der Waals surface area contributed by atoms with E-state index in [1.807, 2.05) is 6.92 Å². The molecule has 0 saturated carbocycles. The van der Waals surface area contributed by atoms with Gasteiger partial charge in [-0.05, 0) is 32.6 Å². The molecule has 132 valence electrons. The average Bonchev–Trinajstić information content (AvgIpc) is 3.33. The smallest absolute Gasteiger partial charge is 0.257 e. The number of hydrogen-bond donors (Lipinski definition) is 1. The maximum absolute atomic E-state index is 12.8. The first-order valence-corrected chi connectivity index (χ1v) is 8.57. The van der Waals surface area contributed by atoms with E-state index in [4.69, 9.17) is 4.74 Å². The van der Waals surface area contributed by atoms with Gasteiger partial charge in [0.05, 0.1) is 29.3 Å². The van der Waals surface area contributed by atoms with Crippen molar-refractivity contribution in [3.63, 3.8) is 0 Å². The SMILES string of the molecule is COC1CCN(C(=O)c2cnn(-c3nc4c(c(=O)[nH]3)CCC4)c2C)C1. The second-order valence-electron chi connectivity index (χ2n) is 6.62. The molecule has 2 aromatic heterocycles. The van der Waals surface area contributed by atoms with Crippen LogP contribution in [0.15, 0.2) is 11.0 Å². The quantitative estimate of drug-likeness (QED) is 0.881. The largest absolute Gasteiger partial charge is 0.380 e. The molecular formula is C17H21N5O3. The van der Waals surface area contributed by atoms with Crippen molar-refractivity contribution < 1.29 is 9.53 Å². The van der Waals surface area contributed by atoms with E-state index < -0.39 is 0 Å². The third-order valence-corrected chi connectivity index (χ3v) is 5.14. The summed E-state index contributed by atoms with van der Waals surface area (Å²) < 4.78 is 6.86. The summed E-state index contributed by atoms with van der Waals surface area (Å²) in [6.45, 7) is 3.08. The van der Waals surface area contributed by atoms with Crippen LogP contribution < -0.4 is 5.56 Å². The topological polar surface area (TPSA) is 93.1 Å². The number of fused-ring (bicyclic) bond motifs is 1. The van der Waals surface area contributed by atoms with Crippen molar-refractivity contribution in [3.8, 4) is 5.95 Å². The van der Waals surface area contributed by atoms with E-state index in [1.165, 1.54) is 4.68 Å². The van der Waals surface area contributed by atoms with Gasteiger partial charge in [0.25, 0.3) is 11.5 Å². The fourth-order valence-corrected chi connectivity index (χ4v) is 3.64. The predicted octanol–water partition coefficient (Wildman–Crippen LogP) is 0.614. The Kier molecular flexibility index (Phi) is 3.91. The molecule has 3 heterocycles. The van der Waals surface area contributed by atoms with E-state index in [0.717, 1.165) is 36.9 Å². The van der Waals surface area contributed by atoms with Crippen LogP contribution in [0.25, 0.3) is 5.95 Å². The van der Waals surface area contributed by atoms with Crippen LogP contribution >= 0.6 is 0 Å². The number of carbonyl (C=O) groups is 1. The molecule has 25 heavy (non-hydrogen) atoms. The molecule has 0 bridgehead atoms. The van der Waals surface area contributed by atoms with Crippen LogP contribution in [-0.2, 0) is 17.6 Å². The van der Waals surface area contributed by atoms with Crippen LogP contribution in [0, 0.1) is 6.92 Å². The van der Waals surface area contributed by atoms with Gasteiger partial charge in [0.2, 0.25) is 5.95 Å². The molecule has 8 heteroatoms. The monoisotopic (exact) mass is 343 g/mol. The molecular weight excluding hydrogens is 322 g/mol. The number of carbonyl (C=O) groups excluding carboxylic acids is 1. The van der Waals surface area contributed by atoms with Gasteiger partial charge < -0.3 is 9.64 Å². The van der Waals surface area contributed by atoms with Crippen LogP contribution in [0.3, 0.4) is 0 Å². The van der Waals surface area contributed by atoms with E-state index in [-0.39, 0.29) is 17.6 Å². The minimum absolute atomic E-state index is 0.0631. The highest BCUT2D eigenvalue weighted by Crippen LogP contribution is 2.20. The maximum Gasteiger partial charge on any atom is 0.257 e. The number of amides is 1. The fraction of sp³-hybridized carbons (Fsp3) is 0.529. The molecule has 2 aliphatic rings. The summed E-state index contributed by atoms with van der Waals surface area (Å²) >= 11 is 0. The normalized spacial score (nSPS) is 19.4. The highest BCUT2D eigenvalue weighted by Gasteiger charge is 2.29. The zero-order valence-electron chi connectivity index (χ0n) is 14.4. The number of rotatable bonds is 3. The highest BCUT2D eigenvalue weighted by molar-refractivity contribution is 5.95. The van der Waals surface area contributed by atoms with Gasteiger partial charge in [-0.25, -0.2) is 9.67 Å².